The molecule has 1 aliphatic carbocycles. The van der Waals surface area contributed by atoms with Crippen molar-refractivity contribution in [2.24, 2.45) is 5.92 Å². The summed E-state index contributed by atoms with van der Waals surface area (Å²) >= 11 is 3.42. The summed E-state index contributed by atoms with van der Waals surface area (Å²) in [5.74, 6) is -1.66. The fraction of sp³-hybridized carbons (Fsp3) is 0.500. The van der Waals surface area contributed by atoms with Crippen LogP contribution in [0.4, 0.5) is 0 Å². The van der Waals surface area contributed by atoms with Crippen LogP contribution in [-0.2, 0) is 9.59 Å². The molecule has 5 heteroatoms. The lowest BCUT2D eigenvalue weighted by molar-refractivity contribution is -0.150. The zero-order valence-electron chi connectivity index (χ0n) is 11.8. The van der Waals surface area contributed by atoms with Crippen LogP contribution in [0.5, 0.6) is 0 Å². The number of rotatable bonds is 4. The molecule has 21 heavy (non-hydrogen) atoms. The maximum atomic E-state index is 11.3. The Morgan fingerprint density at radius 2 is 1.81 bits per heavy atom. The molecule has 2 rings (SSSR count). The van der Waals surface area contributed by atoms with Gasteiger partial charge in [-0.3, -0.25) is 4.79 Å². The van der Waals surface area contributed by atoms with Gasteiger partial charge in [0.15, 0.2) is 0 Å². The minimum atomic E-state index is -1.42. The number of nitrogens with one attached hydrogen (secondary N) is 1. The molecule has 0 aromatic heterocycles. The van der Waals surface area contributed by atoms with Gasteiger partial charge in [0, 0.05) is 16.9 Å². The quantitative estimate of drug-likeness (QED) is 0.816. The fourth-order valence-electron chi connectivity index (χ4n) is 3.08. The molecule has 1 unspecified atom stereocenters. The molecule has 1 atom stereocenters. The molecular weight excluding hydrogens is 334 g/mol. The first-order valence-electron chi connectivity index (χ1n) is 7.34. The minimum absolute atomic E-state index is 0.182. The van der Waals surface area contributed by atoms with Crippen LogP contribution in [0.3, 0.4) is 0 Å². The summed E-state index contributed by atoms with van der Waals surface area (Å²) in [5, 5.41) is 11.2. The van der Waals surface area contributed by atoms with Gasteiger partial charge in [-0.2, -0.15) is 0 Å². The third-order valence-electron chi connectivity index (χ3n) is 4.19. The number of halogens is 1. The summed E-state index contributed by atoms with van der Waals surface area (Å²) in [4.78, 5) is 21.9. The zero-order valence-corrected chi connectivity index (χ0v) is 13.4. The molecule has 0 radical (unpaired) electrons. The molecule has 2 N–H and O–H groups in total. The number of amides is 1. The molecule has 0 bridgehead atoms. The molecule has 1 aromatic carbocycles. The maximum Gasteiger partial charge on any atom is 0.394 e. The summed E-state index contributed by atoms with van der Waals surface area (Å²) in [5.41, 5.74) is 1.16. The van der Waals surface area contributed by atoms with Crippen molar-refractivity contribution in [2.45, 2.75) is 38.0 Å². The Bertz CT molecular complexity index is 495. The van der Waals surface area contributed by atoms with Crippen molar-refractivity contribution in [3.05, 3.63) is 34.3 Å². The van der Waals surface area contributed by atoms with Crippen molar-refractivity contribution in [3.8, 4) is 0 Å². The second-order valence-corrected chi connectivity index (χ2v) is 6.49. The Balaban J connectivity index is 2.11. The van der Waals surface area contributed by atoms with Crippen LogP contribution in [0.2, 0.25) is 0 Å². The standard InChI is InChI=1S/C16H20BrNO3/c17-13-8-6-12(7-9-13)14(10-18-15(19)16(20)21)11-4-2-1-3-5-11/h6-9,11,14H,1-5,10H2,(H,18,19)(H,20,21). The van der Waals surface area contributed by atoms with Crippen molar-refractivity contribution in [1.82, 2.24) is 5.32 Å². The first-order chi connectivity index (χ1) is 10.1. The Hall–Kier alpha value is -1.36. The van der Waals surface area contributed by atoms with Crippen molar-refractivity contribution < 1.29 is 14.7 Å². The van der Waals surface area contributed by atoms with E-state index >= 15 is 0 Å². The number of benzene rings is 1. The molecule has 0 saturated heterocycles. The number of carbonyl (C=O) groups is 2. The number of carboxylic acid groups (broad SMARTS) is 1. The van der Waals surface area contributed by atoms with E-state index in [0.717, 1.165) is 22.9 Å². The van der Waals surface area contributed by atoms with E-state index in [9.17, 15) is 9.59 Å². The van der Waals surface area contributed by atoms with Crippen LogP contribution < -0.4 is 5.32 Å². The molecule has 1 aromatic rings. The first kappa shape index (κ1) is 16.0. The van der Waals surface area contributed by atoms with Crippen molar-refractivity contribution >= 4 is 27.8 Å². The lowest BCUT2D eigenvalue weighted by Crippen LogP contribution is -2.36. The van der Waals surface area contributed by atoms with Crippen LogP contribution in [0, 0.1) is 5.92 Å². The van der Waals surface area contributed by atoms with Gasteiger partial charge in [0.1, 0.15) is 0 Å². The van der Waals surface area contributed by atoms with Crippen LogP contribution >= 0.6 is 15.9 Å². The van der Waals surface area contributed by atoms with Crippen LogP contribution in [0.15, 0.2) is 28.7 Å². The Morgan fingerprint density at radius 3 is 2.38 bits per heavy atom. The molecule has 0 spiro atoms. The topological polar surface area (TPSA) is 66.4 Å². The monoisotopic (exact) mass is 353 g/mol. The average molecular weight is 354 g/mol. The molecule has 0 aliphatic heterocycles. The molecule has 1 amide bonds. The average Bonchev–Trinajstić information content (AvgIpc) is 2.50. The number of hydrogen-bond donors (Lipinski definition) is 2. The SMILES string of the molecule is O=C(O)C(=O)NCC(c1ccc(Br)cc1)C1CCCCC1. The number of aliphatic carboxylic acids is 1. The molecular formula is C16H20BrNO3. The van der Waals surface area contributed by atoms with Gasteiger partial charge in [0.2, 0.25) is 0 Å². The van der Waals surface area contributed by atoms with E-state index in [1.54, 1.807) is 0 Å². The number of hydrogen-bond acceptors (Lipinski definition) is 2. The van der Waals surface area contributed by atoms with Crippen molar-refractivity contribution in [3.63, 3.8) is 0 Å². The van der Waals surface area contributed by atoms with Gasteiger partial charge in [-0.15, -0.1) is 0 Å². The predicted octanol–water partition coefficient (Wildman–Crippen LogP) is 3.31. The highest BCUT2D eigenvalue weighted by atomic mass is 79.9. The maximum absolute atomic E-state index is 11.3. The largest absolute Gasteiger partial charge is 0.474 e. The molecule has 1 aliphatic rings. The van der Waals surface area contributed by atoms with E-state index in [4.69, 9.17) is 5.11 Å². The Kier molecular flexibility index (Phi) is 5.79. The van der Waals surface area contributed by atoms with E-state index in [-0.39, 0.29) is 5.92 Å². The fourth-order valence-corrected chi connectivity index (χ4v) is 3.35. The van der Waals surface area contributed by atoms with Gasteiger partial charge < -0.3 is 10.4 Å². The summed E-state index contributed by atoms with van der Waals surface area (Å²) in [6.45, 7) is 0.386. The first-order valence-corrected chi connectivity index (χ1v) is 8.14. The van der Waals surface area contributed by atoms with Crippen molar-refractivity contribution in [2.75, 3.05) is 6.54 Å². The smallest absolute Gasteiger partial charge is 0.394 e. The van der Waals surface area contributed by atoms with Gasteiger partial charge in [-0.1, -0.05) is 47.3 Å². The zero-order chi connectivity index (χ0) is 15.2. The van der Waals surface area contributed by atoms with Gasteiger partial charge in [-0.05, 0) is 36.5 Å². The number of carboxylic acids is 1. The van der Waals surface area contributed by atoms with E-state index in [1.165, 1.54) is 19.3 Å². The van der Waals surface area contributed by atoms with Crippen LogP contribution in [0.1, 0.15) is 43.6 Å². The second kappa shape index (κ2) is 7.59. The van der Waals surface area contributed by atoms with Gasteiger partial charge in [0.25, 0.3) is 0 Å². The highest BCUT2D eigenvalue weighted by Crippen LogP contribution is 2.36. The molecule has 0 heterocycles. The molecule has 1 fully saturated rings. The highest BCUT2D eigenvalue weighted by molar-refractivity contribution is 9.10. The summed E-state index contributed by atoms with van der Waals surface area (Å²) in [6.07, 6.45) is 5.98. The van der Waals surface area contributed by atoms with Crippen LogP contribution in [0.25, 0.3) is 0 Å². The molecule has 4 nitrogen and oxygen atoms in total. The Morgan fingerprint density at radius 1 is 1.19 bits per heavy atom. The second-order valence-electron chi connectivity index (χ2n) is 5.57. The lowest BCUT2D eigenvalue weighted by Gasteiger charge is -2.30. The van der Waals surface area contributed by atoms with Gasteiger partial charge >= 0.3 is 11.9 Å². The van der Waals surface area contributed by atoms with Crippen molar-refractivity contribution in [1.29, 1.82) is 0 Å². The van der Waals surface area contributed by atoms with E-state index in [1.807, 2.05) is 12.1 Å². The van der Waals surface area contributed by atoms with E-state index in [0.29, 0.717) is 12.5 Å². The van der Waals surface area contributed by atoms with Gasteiger partial charge in [0.05, 0.1) is 0 Å². The third kappa shape index (κ3) is 4.56. The predicted molar refractivity (Wildman–Crippen MR) is 84.1 cm³/mol. The third-order valence-corrected chi connectivity index (χ3v) is 4.72. The minimum Gasteiger partial charge on any atom is -0.474 e. The van der Waals surface area contributed by atoms with E-state index in [2.05, 4.69) is 33.4 Å². The lowest BCUT2D eigenvalue weighted by atomic mass is 9.77. The highest BCUT2D eigenvalue weighted by Gasteiger charge is 2.26. The summed E-state index contributed by atoms with van der Waals surface area (Å²) in [6, 6.07) is 8.08. The van der Waals surface area contributed by atoms with Crippen LogP contribution in [-0.4, -0.2) is 23.5 Å². The van der Waals surface area contributed by atoms with E-state index < -0.39 is 11.9 Å². The summed E-state index contributed by atoms with van der Waals surface area (Å²) in [7, 11) is 0. The van der Waals surface area contributed by atoms with Gasteiger partial charge in [-0.25, -0.2) is 4.79 Å². The Labute approximate surface area is 133 Å². The molecule has 1 saturated carbocycles. The summed E-state index contributed by atoms with van der Waals surface area (Å²) < 4.78 is 1.02. The number of carbonyl (C=O) groups excluding carboxylic acids is 1. The molecule has 114 valence electrons. The normalized spacial score (nSPS) is 17.2.